The predicted octanol–water partition coefficient (Wildman–Crippen LogP) is 1.39. The van der Waals surface area contributed by atoms with Crippen LogP contribution in [0, 0.1) is 46.8 Å². The van der Waals surface area contributed by atoms with Gasteiger partial charge in [0, 0.05) is 75.9 Å². The number of nitrogens with two attached hydrogens (primary N) is 1. The Bertz CT molecular complexity index is 1370. The number of rotatable bonds is 15. The number of nitrogens with zero attached hydrogens (tertiary/aromatic N) is 3. The maximum absolute atomic E-state index is 13.1. The fourth-order valence-corrected chi connectivity index (χ4v) is 9.10. The van der Waals surface area contributed by atoms with E-state index in [4.69, 9.17) is 15.2 Å². The fraction of sp³-hybridized carbons (Fsp3) is 0.850. The van der Waals surface area contributed by atoms with Crippen LogP contribution in [0.1, 0.15) is 103 Å². The minimum Gasteiger partial charge on any atom is -0.396 e. The van der Waals surface area contributed by atoms with Crippen molar-refractivity contribution in [1.82, 2.24) is 20.4 Å². The highest BCUT2D eigenvalue weighted by Gasteiger charge is 2.60. The van der Waals surface area contributed by atoms with Crippen molar-refractivity contribution >= 4 is 29.5 Å². The molecule has 55 heavy (non-hydrogen) atoms. The van der Waals surface area contributed by atoms with E-state index in [1.165, 1.54) is 25.7 Å². The Kier molecular flexibility index (Phi) is 15.7. The molecule has 6 aliphatic rings. The largest absolute Gasteiger partial charge is 0.396 e. The highest BCUT2D eigenvalue weighted by molar-refractivity contribution is 5.95. The van der Waals surface area contributed by atoms with Gasteiger partial charge in [-0.2, -0.15) is 5.26 Å². The Hall–Kier alpha value is -3.32. The van der Waals surface area contributed by atoms with E-state index >= 15 is 0 Å². The fourth-order valence-electron chi connectivity index (χ4n) is 9.10. The molecule has 0 aromatic rings. The number of carbonyl (C=O) groups is 5. The number of hydrogen-bond donors (Lipinski definition) is 5. The van der Waals surface area contributed by atoms with Crippen LogP contribution in [0.5, 0.6) is 0 Å². The Labute approximate surface area is 325 Å². The first-order valence-electron chi connectivity index (χ1n) is 20.8. The van der Waals surface area contributed by atoms with Crippen LogP contribution < -0.4 is 16.4 Å². The Balaban J connectivity index is 0.000000211. The van der Waals surface area contributed by atoms with Crippen LogP contribution >= 0.6 is 0 Å². The highest BCUT2D eigenvalue weighted by atomic mass is 16.5. The molecule has 0 aromatic heterocycles. The lowest BCUT2D eigenvalue weighted by molar-refractivity contribution is -0.140. The van der Waals surface area contributed by atoms with Crippen molar-refractivity contribution in [3.05, 3.63) is 0 Å². The summed E-state index contributed by atoms with van der Waals surface area (Å²) in [4.78, 5) is 66.9. The highest BCUT2D eigenvalue weighted by Crippen LogP contribution is 2.44. The van der Waals surface area contributed by atoms with Crippen LogP contribution in [0.2, 0.25) is 0 Å². The van der Waals surface area contributed by atoms with Crippen molar-refractivity contribution in [2.24, 2.45) is 41.2 Å². The molecule has 6 unspecified atom stereocenters. The normalized spacial score (nSPS) is 29.4. The molecule has 4 saturated carbocycles. The number of amides is 5. The molecule has 2 saturated heterocycles. The molecular weight excluding hydrogens is 708 g/mol. The Morgan fingerprint density at radius 2 is 1.13 bits per heavy atom. The van der Waals surface area contributed by atoms with E-state index < -0.39 is 28.8 Å². The molecule has 15 heteroatoms. The Morgan fingerprint density at radius 3 is 1.49 bits per heavy atom. The number of hydrogen-bond acceptors (Lipinski definition) is 10. The molecule has 2 aliphatic heterocycles. The zero-order chi connectivity index (χ0) is 39.4. The molecule has 6 N–H and O–H groups in total. The molecule has 6 fully saturated rings. The summed E-state index contributed by atoms with van der Waals surface area (Å²) < 4.78 is 10.6. The van der Waals surface area contributed by atoms with Gasteiger partial charge in [-0.3, -0.25) is 24.0 Å². The van der Waals surface area contributed by atoms with Crippen LogP contribution in [-0.2, 0) is 33.4 Å². The van der Waals surface area contributed by atoms with E-state index in [1.54, 1.807) is 9.80 Å². The summed E-state index contributed by atoms with van der Waals surface area (Å²) in [6.45, 7) is 4.08. The molecule has 0 spiro atoms. The van der Waals surface area contributed by atoms with Gasteiger partial charge in [0.25, 0.3) is 0 Å². The van der Waals surface area contributed by atoms with E-state index in [0.29, 0.717) is 90.1 Å². The van der Waals surface area contributed by atoms with Gasteiger partial charge >= 0.3 is 0 Å². The molecule has 0 bridgehead atoms. The number of primary amides is 1. The quantitative estimate of drug-likeness (QED) is 0.161. The topological polar surface area (TPSA) is 225 Å². The van der Waals surface area contributed by atoms with E-state index in [2.05, 4.69) is 16.7 Å². The van der Waals surface area contributed by atoms with Gasteiger partial charge in [0.05, 0.1) is 32.5 Å². The van der Waals surface area contributed by atoms with Crippen LogP contribution in [0.3, 0.4) is 0 Å². The molecule has 0 radical (unpaired) electrons. The van der Waals surface area contributed by atoms with Crippen molar-refractivity contribution in [3.63, 3.8) is 0 Å². The molecule has 2 heterocycles. The average Bonchev–Trinajstić information content (AvgIpc) is 4.13. The van der Waals surface area contributed by atoms with Gasteiger partial charge in [-0.25, -0.2) is 0 Å². The van der Waals surface area contributed by atoms with Crippen molar-refractivity contribution in [3.8, 4) is 6.07 Å². The summed E-state index contributed by atoms with van der Waals surface area (Å²) in [5, 5.41) is 33.8. The van der Waals surface area contributed by atoms with Crippen LogP contribution in [0.25, 0.3) is 0 Å². The van der Waals surface area contributed by atoms with E-state index in [0.717, 1.165) is 38.5 Å². The number of carbonyl (C=O) groups excluding carboxylic acids is 5. The standard InChI is InChI=1S/C20H33N3O5.C20H31N3O4/c21-19(27)20(12-16(20)13-24)22-18(26)15(10-14-4-2-1-3-5-14)11-17(25)23-6-8-28-9-7-23;21-14-20(12-17(20)13-24)22-19(26)16(10-15-4-2-1-3-5-15)11-18(25)23-6-8-27-9-7-23/h14-16,24H,1-13H2,(H2,21,27)(H,22,26);15-17,24H,1-13H2,(H,22,26). The zero-order valence-electron chi connectivity index (χ0n) is 32.5. The van der Waals surface area contributed by atoms with Crippen molar-refractivity contribution in [1.29, 1.82) is 5.26 Å². The molecule has 6 atom stereocenters. The number of morpholine rings is 2. The first kappa shape index (κ1) is 42.8. The van der Waals surface area contributed by atoms with Crippen molar-refractivity contribution in [2.45, 2.75) is 114 Å². The minimum atomic E-state index is -1.15. The molecule has 6 rings (SSSR count). The lowest BCUT2D eigenvalue weighted by Crippen LogP contribution is -2.51. The number of nitriles is 1. The SMILES string of the molecule is N#CC1(NC(=O)C(CC(=O)N2CCOCC2)CC2CCCCC2)CC1CO.NC(=O)C1(NC(=O)C(CC(=O)N2CCOCC2)CC2CCCCC2)CC1CO. The molecule has 15 nitrogen and oxygen atoms in total. The van der Waals surface area contributed by atoms with E-state index in [9.17, 15) is 39.4 Å². The molecule has 0 aromatic carbocycles. The number of nitrogens with one attached hydrogen (secondary N) is 2. The third-order valence-electron chi connectivity index (χ3n) is 13.0. The van der Waals surface area contributed by atoms with E-state index in [-0.39, 0.29) is 61.5 Å². The summed E-state index contributed by atoms with van der Waals surface area (Å²) in [6.07, 6.45) is 14.1. The van der Waals surface area contributed by atoms with Gasteiger partial charge in [0.1, 0.15) is 11.1 Å². The first-order chi connectivity index (χ1) is 26.5. The van der Waals surface area contributed by atoms with Crippen molar-refractivity contribution in [2.75, 3.05) is 65.8 Å². The van der Waals surface area contributed by atoms with Crippen LogP contribution in [-0.4, -0.2) is 126 Å². The zero-order valence-corrected chi connectivity index (χ0v) is 32.5. The monoisotopic (exact) mass is 772 g/mol. The summed E-state index contributed by atoms with van der Waals surface area (Å²) in [7, 11) is 0. The van der Waals surface area contributed by atoms with Gasteiger partial charge in [0.15, 0.2) is 0 Å². The number of ether oxygens (including phenoxy) is 2. The van der Waals surface area contributed by atoms with Crippen molar-refractivity contribution < 1.29 is 43.7 Å². The second-order valence-corrected chi connectivity index (χ2v) is 16.8. The second kappa shape index (κ2) is 20.2. The van der Waals surface area contributed by atoms with Crippen LogP contribution in [0.15, 0.2) is 0 Å². The minimum absolute atomic E-state index is 0.00484. The molecule has 4 aliphatic carbocycles. The predicted molar refractivity (Wildman–Crippen MR) is 200 cm³/mol. The second-order valence-electron chi connectivity index (χ2n) is 16.8. The lowest BCUT2D eigenvalue weighted by Gasteiger charge is -2.30. The number of aliphatic hydroxyl groups is 2. The molecular formula is C40H64N6O9. The number of aliphatic hydroxyl groups excluding tert-OH is 2. The molecule has 308 valence electrons. The van der Waals surface area contributed by atoms with Crippen LogP contribution in [0.4, 0.5) is 0 Å². The first-order valence-corrected chi connectivity index (χ1v) is 20.8. The van der Waals surface area contributed by atoms with E-state index in [1.807, 2.05) is 0 Å². The van der Waals surface area contributed by atoms with Gasteiger partial charge < -0.3 is 45.9 Å². The maximum atomic E-state index is 13.1. The van der Waals surface area contributed by atoms with Gasteiger partial charge in [-0.15, -0.1) is 0 Å². The van der Waals surface area contributed by atoms with Gasteiger partial charge in [-0.1, -0.05) is 64.2 Å². The summed E-state index contributed by atoms with van der Waals surface area (Å²) in [5.74, 6) is -1.68. The average molecular weight is 773 g/mol. The van der Waals surface area contributed by atoms with Gasteiger partial charge in [-0.05, 0) is 37.5 Å². The Morgan fingerprint density at radius 1 is 0.691 bits per heavy atom. The van der Waals surface area contributed by atoms with Gasteiger partial charge in [0.2, 0.25) is 29.5 Å². The third-order valence-corrected chi connectivity index (χ3v) is 13.0. The summed E-state index contributed by atoms with van der Waals surface area (Å²) in [6, 6.07) is 2.16. The smallest absolute Gasteiger partial charge is 0.243 e. The summed E-state index contributed by atoms with van der Waals surface area (Å²) >= 11 is 0. The maximum Gasteiger partial charge on any atom is 0.243 e. The third kappa shape index (κ3) is 11.6. The lowest BCUT2D eigenvalue weighted by atomic mass is 9.81. The molecule has 5 amide bonds. The summed E-state index contributed by atoms with van der Waals surface area (Å²) in [5.41, 5.74) is 3.40.